The van der Waals surface area contributed by atoms with Gasteiger partial charge >= 0.3 is 6.03 Å². The highest BCUT2D eigenvalue weighted by atomic mass is 35.5. The minimum absolute atomic E-state index is 0.0144. The van der Waals surface area contributed by atoms with Crippen molar-refractivity contribution in [2.45, 2.75) is 19.4 Å². The van der Waals surface area contributed by atoms with Crippen LogP contribution in [0, 0.1) is 17.1 Å². The zero-order valence-corrected chi connectivity index (χ0v) is 16.8. The maximum absolute atomic E-state index is 14.2. The van der Waals surface area contributed by atoms with E-state index in [1.165, 1.54) is 23.1 Å². The molecule has 0 aromatic heterocycles. The minimum atomic E-state index is -0.813. The van der Waals surface area contributed by atoms with E-state index in [4.69, 9.17) is 16.9 Å². The number of nitriles is 1. The van der Waals surface area contributed by atoms with Gasteiger partial charge in [-0.1, -0.05) is 23.7 Å². The van der Waals surface area contributed by atoms with E-state index >= 15 is 0 Å². The maximum atomic E-state index is 14.2. The number of carbonyl (C=O) groups is 3. The molecule has 0 bridgehead atoms. The molecular formula is C21H18ClFN4O3. The van der Waals surface area contributed by atoms with Crippen molar-refractivity contribution in [2.24, 2.45) is 0 Å². The second-order valence-electron chi connectivity index (χ2n) is 6.63. The SMILES string of the molecule is CC1C(=O)N(CC(=O)N(CCC#N)c2ccccc2F)C(=O)N1c1ccc(Cl)cc1. The molecule has 1 fully saturated rings. The molecule has 3 rings (SSSR count). The van der Waals surface area contributed by atoms with Gasteiger partial charge in [0.15, 0.2) is 0 Å². The average Bonchev–Trinajstić information content (AvgIpc) is 2.93. The Morgan fingerprint density at radius 1 is 1.20 bits per heavy atom. The number of rotatable bonds is 6. The van der Waals surface area contributed by atoms with Crippen molar-refractivity contribution < 1.29 is 18.8 Å². The number of nitrogens with zero attached hydrogens (tertiary/aromatic N) is 4. The van der Waals surface area contributed by atoms with Gasteiger partial charge in [-0.15, -0.1) is 0 Å². The predicted molar refractivity (Wildman–Crippen MR) is 109 cm³/mol. The van der Waals surface area contributed by atoms with Crippen LogP contribution in [0.1, 0.15) is 13.3 Å². The monoisotopic (exact) mass is 428 g/mol. The summed E-state index contributed by atoms with van der Waals surface area (Å²) in [6.45, 7) is 0.929. The number of benzene rings is 2. The van der Waals surface area contributed by atoms with Crippen molar-refractivity contribution in [1.29, 1.82) is 5.26 Å². The zero-order valence-electron chi connectivity index (χ0n) is 16.1. The van der Waals surface area contributed by atoms with E-state index in [9.17, 15) is 18.8 Å². The number of hydrogen-bond donors (Lipinski definition) is 0. The number of urea groups is 1. The van der Waals surface area contributed by atoms with Crippen LogP contribution in [0.3, 0.4) is 0 Å². The smallest absolute Gasteiger partial charge is 0.307 e. The van der Waals surface area contributed by atoms with Crippen LogP contribution < -0.4 is 9.80 Å². The van der Waals surface area contributed by atoms with Crippen LogP contribution in [0.15, 0.2) is 48.5 Å². The van der Waals surface area contributed by atoms with Crippen molar-refractivity contribution in [3.05, 3.63) is 59.4 Å². The summed E-state index contributed by atoms with van der Waals surface area (Å²) in [4.78, 5) is 41.7. The first kappa shape index (κ1) is 21.3. The van der Waals surface area contributed by atoms with E-state index in [0.717, 1.165) is 9.80 Å². The molecule has 9 heteroatoms. The van der Waals surface area contributed by atoms with Crippen molar-refractivity contribution in [1.82, 2.24) is 4.90 Å². The summed E-state index contributed by atoms with van der Waals surface area (Å²) >= 11 is 5.88. The fourth-order valence-electron chi connectivity index (χ4n) is 3.24. The molecule has 1 heterocycles. The van der Waals surface area contributed by atoms with Crippen molar-refractivity contribution >= 4 is 40.8 Å². The molecular weight excluding hydrogens is 411 g/mol. The van der Waals surface area contributed by atoms with Crippen LogP contribution in [-0.4, -0.2) is 41.9 Å². The molecule has 1 aliphatic heterocycles. The quantitative estimate of drug-likeness (QED) is 0.658. The number of hydrogen-bond acceptors (Lipinski definition) is 4. The lowest BCUT2D eigenvalue weighted by atomic mass is 10.2. The highest BCUT2D eigenvalue weighted by Gasteiger charge is 2.44. The van der Waals surface area contributed by atoms with Crippen LogP contribution in [0.5, 0.6) is 0 Å². The van der Waals surface area contributed by atoms with Gasteiger partial charge in [0.1, 0.15) is 18.4 Å². The molecule has 0 aliphatic carbocycles. The molecule has 1 aliphatic rings. The zero-order chi connectivity index (χ0) is 21.8. The van der Waals surface area contributed by atoms with Crippen LogP contribution in [0.2, 0.25) is 5.02 Å². The van der Waals surface area contributed by atoms with Crippen LogP contribution >= 0.6 is 11.6 Å². The van der Waals surface area contributed by atoms with Gasteiger partial charge in [0, 0.05) is 17.3 Å². The first-order chi connectivity index (χ1) is 14.3. The maximum Gasteiger partial charge on any atom is 0.332 e. The largest absolute Gasteiger partial charge is 0.332 e. The van der Waals surface area contributed by atoms with Gasteiger partial charge in [0.2, 0.25) is 5.91 Å². The van der Waals surface area contributed by atoms with Crippen molar-refractivity contribution in [3.63, 3.8) is 0 Å². The Bertz CT molecular complexity index is 1020. The molecule has 2 aromatic rings. The fourth-order valence-corrected chi connectivity index (χ4v) is 3.37. The summed E-state index contributed by atoms with van der Waals surface area (Å²) in [5, 5.41) is 9.36. The highest BCUT2D eigenvalue weighted by molar-refractivity contribution is 6.30. The van der Waals surface area contributed by atoms with Gasteiger partial charge < -0.3 is 4.90 Å². The van der Waals surface area contributed by atoms with E-state index in [1.807, 2.05) is 6.07 Å². The molecule has 154 valence electrons. The number of imide groups is 1. The van der Waals surface area contributed by atoms with Gasteiger partial charge in [0.25, 0.3) is 5.91 Å². The van der Waals surface area contributed by atoms with Crippen molar-refractivity contribution in [3.8, 4) is 6.07 Å². The van der Waals surface area contributed by atoms with Gasteiger partial charge in [-0.05, 0) is 43.3 Å². The highest BCUT2D eigenvalue weighted by Crippen LogP contribution is 2.27. The third kappa shape index (κ3) is 4.11. The lowest BCUT2D eigenvalue weighted by molar-refractivity contribution is -0.131. The summed E-state index contributed by atoms with van der Waals surface area (Å²) in [6.07, 6.45) is -0.0325. The summed E-state index contributed by atoms with van der Waals surface area (Å²) in [5.41, 5.74) is 0.454. The average molecular weight is 429 g/mol. The number of halogens is 2. The Morgan fingerprint density at radius 3 is 2.50 bits per heavy atom. The summed E-state index contributed by atoms with van der Waals surface area (Å²) in [5.74, 6) is -1.85. The van der Waals surface area contributed by atoms with E-state index in [0.29, 0.717) is 10.7 Å². The third-order valence-electron chi connectivity index (χ3n) is 4.74. The molecule has 4 amide bonds. The Balaban J connectivity index is 1.84. The molecule has 0 saturated carbocycles. The molecule has 0 radical (unpaired) electrons. The Hall–Kier alpha value is -3.44. The van der Waals surface area contributed by atoms with E-state index in [1.54, 1.807) is 37.3 Å². The first-order valence-corrected chi connectivity index (χ1v) is 9.55. The molecule has 1 saturated heterocycles. The number of carbonyl (C=O) groups excluding carboxylic acids is 3. The molecule has 2 aromatic carbocycles. The Morgan fingerprint density at radius 2 is 1.87 bits per heavy atom. The number of amides is 4. The summed E-state index contributed by atoms with van der Waals surface area (Å²) in [7, 11) is 0. The number of para-hydroxylation sites is 1. The lowest BCUT2D eigenvalue weighted by Crippen LogP contribution is -2.44. The van der Waals surface area contributed by atoms with Gasteiger partial charge in [-0.25, -0.2) is 9.18 Å². The minimum Gasteiger partial charge on any atom is -0.307 e. The van der Waals surface area contributed by atoms with Crippen LogP contribution in [-0.2, 0) is 9.59 Å². The van der Waals surface area contributed by atoms with E-state index in [-0.39, 0.29) is 18.7 Å². The molecule has 1 atom stereocenters. The molecule has 30 heavy (non-hydrogen) atoms. The number of anilines is 2. The third-order valence-corrected chi connectivity index (χ3v) is 4.99. The standard InChI is InChI=1S/C21H18ClFN4O3/c1-14-20(29)26(21(30)27(14)16-9-7-15(22)8-10-16)13-19(28)25(12-4-11-24)18-6-3-2-5-17(18)23/h2-3,5-10,14H,4,12-13H2,1H3. The van der Waals surface area contributed by atoms with Gasteiger partial charge in [-0.2, -0.15) is 5.26 Å². The van der Waals surface area contributed by atoms with Crippen LogP contribution in [0.4, 0.5) is 20.6 Å². The molecule has 0 N–H and O–H groups in total. The second-order valence-corrected chi connectivity index (χ2v) is 7.07. The predicted octanol–water partition coefficient (Wildman–Crippen LogP) is 3.58. The molecule has 0 spiro atoms. The lowest BCUT2D eigenvalue weighted by Gasteiger charge is -2.24. The van der Waals surface area contributed by atoms with Crippen molar-refractivity contribution in [2.75, 3.05) is 22.9 Å². The Kier molecular flexibility index (Phi) is 6.33. The summed E-state index contributed by atoms with van der Waals surface area (Å²) < 4.78 is 14.2. The first-order valence-electron chi connectivity index (χ1n) is 9.17. The van der Waals surface area contributed by atoms with E-state index < -0.39 is 36.2 Å². The normalized spacial score (nSPS) is 16.0. The fraction of sp³-hybridized carbons (Fsp3) is 0.238. The van der Waals surface area contributed by atoms with Gasteiger partial charge in [0.05, 0.1) is 18.2 Å². The Labute approximate surface area is 177 Å². The van der Waals surface area contributed by atoms with Gasteiger partial charge in [-0.3, -0.25) is 19.4 Å². The second kappa shape index (κ2) is 8.93. The molecule has 7 nitrogen and oxygen atoms in total. The van der Waals surface area contributed by atoms with E-state index in [2.05, 4.69) is 0 Å². The molecule has 1 unspecified atom stereocenters. The topological polar surface area (TPSA) is 84.7 Å². The van der Waals surface area contributed by atoms with Crippen LogP contribution in [0.25, 0.3) is 0 Å². The summed E-state index contributed by atoms with van der Waals surface area (Å²) in [6, 6.07) is 12.5.